The van der Waals surface area contributed by atoms with E-state index in [0.29, 0.717) is 0 Å². The molecule has 0 spiro atoms. The Hall–Kier alpha value is -2.46. The lowest BCUT2D eigenvalue weighted by Gasteiger charge is -2.10. The normalized spacial score (nSPS) is 11.1. The number of hydrogen-bond acceptors (Lipinski definition) is 6. The first-order chi connectivity index (χ1) is 9.17. The van der Waals surface area contributed by atoms with Gasteiger partial charge in [0.25, 0.3) is 0 Å². The van der Waals surface area contributed by atoms with Gasteiger partial charge in [-0.15, -0.1) is 13.2 Å². The third-order valence-electron chi connectivity index (χ3n) is 1.86. The third kappa shape index (κ3) is 3.52. The molecule has 0 amide bonds. The van der Waals surface area contributed by atoms with Crippen LogP contribution in [0.4, 0.5) is 23.2 Å². The average Bonchev–Trinajstić information content (AvgIpc) is 2.29. The molecule has 0 bridgehead atoms. The summed E-state index contributed by atoms with van der Waals surface area (Å²) in [4.78, 5) is 23.5. The van der Waals surface area contributed by atoms with Gasteiger partial charge in [0.05, 0.1) is 17.7 Å². The highest BCUT2D eigenvalue weighted by Gasteiger charge is 2.39. The van der Waals surface area contributed by atoms with Gasteiger partial charge in [0.15, 0.2) is 5.56 Å². The lowest BCUT2D eigenvalue weighted by atomic mass is 10.2. The number of nitro groups is 1. The number of carbonyl (C=O) groups is 1. The largest absolute Gasteiger partial charge is 0.573 e. The van der Waals surface area contributed by atoms with Gasteiger partial charge >= 0.3 is 18.0 Å². The first-order valence-electron chi connectivity index (χ1n) is 4.93. The van der Waals surface area contributed by atoms with Crippen LogP contribution >= 0.6 is 0 Å². The number of rotatable bonds is 4. The molecular weight excluding hydrogens is 292 g/mol. The van der Waals surface area contributed by atoms with Crippen molar-refractivity contribution in [1.29, 1.82) is 0 Å². The van der Waals surface area contributed by atoms with Crippen LogP contribution in [-0.4, -0.2) is 28.8 Å². The molecular formula is C9H6F4N2O5. The van der Waals surface area contributed by atoms with E-state index in [2.05, 4.69) is 14.5 Å². The van der Waals surface area contributed by atoms with Gasteiger partial charge in [-0.1, -0.05) is 0 Å². The van der Waals surface area contributed by atoms with Gasteiger partial charge in [-0.2, -0.15) is 4.39 Å². The molecule has 7 nitrogen and oxygen atoms in total. The lowest BCUT2D eigenvalue weighted by Crippen LogP contribution is -2.20. The molecule has 0 radical (unpaired) electrons. The molecule has 0 N–H and O–H groups in total. The molecule has 0 saturated carbocycles. The van der Waals surface area contributed by atoms with Crippen LogP contribution in [0.3, 0.4) is 0 Å². The number of ether oxygens (including phenoxy) is 2. The van der Waals surface area contributed by atoms with Crippen LogP contribution in [-0.2, 0) is 4.74 Å². The molecule has 0 aliphatic carbocycles. The number of hydrogen-bond donors (Lipinski definition) is 0. The van der Waals surface area contributed by atoms with Crippen LogP contribution in [0, 0.1) is 16.1 Å². The molecule has 20 heavy (non-hydrogen) atoms. The van der Waals surface area contributed by atoms with Gasteiger partial charge < -0.3 is 9.47 Å². The molecule has 1 heterocycles. The quantitative estimate of drug-likeness (QED) is 0.278. The van der Waals surface area contributed by atoms with Crippen LogP contribution < -0.4 is 4.74 Å². The summed E-state index contributed by atoms with van der Waals surface area (Å²) in [5, 5.41) is 10.7. The second kappa shape index (κ2) is 5.67. The molecule has 11 heteroatoms. The van der Waals surface area contributed by atoms with Crippen molar-refractivity contribution in [1.82, 2.24) is 4.98 Å². The van der Waals surface area contributed by atoms with Gasteiger partial charge in [0, 0.05) is 0 Å². The highest BCUT2D eigenvalue weighted by atomic mass is 19.4. The van der Waals surface area contributed by atoms with Gasteiger partial charge in [0.2, 0.25) is 11.7 Å². The van der Waals surface area contributed by atoms with Gasteiger partial charge in [-0.25, -0.2) is 9.78 Å². The zero-order chi connectivity index (χ0) is 15.5. The fourth-order valence-corrected chi connectivity index (χ4v) is 1.23. The molecule has 1 aromatic rings. The maximum Gasteiger partial charge on any atom is 0.573 e. The molecule has 0 aromatic carbocycles. The topological polar surface area (TPSA) is 91.6 Å². The number of nitrogens with zero attached hydrogens (tertiary/aromatic N) is 2. The summed E-state index contributed by atoms with van der Waals surface area (Å²) < 4.78 is 57.3. The molecule has 0 unspecified atom stereocenters. The number of halogens is 4. The van der Waals surface area contributed by atoms with E-state index >= 15 is 0 Å². The number of esters is 1. The summed E-state index contributed by atoms with van der Waals surface area (Å²) in [6.07, 6.45) is -5.11. The average molecular weight is 298 g/mol. The van der Waals surface area contributed by atoms with Crippen LogP contribution in [0.1, 0.15) is 17.3 Å². The number of carbonyl (C=O) groups excluding carboxylic acids is 1. The van der Waals surface area contributed by atoms with Crippen molar-refractivity contribution in [3.8, 4) is 5.75 Å². The van der Waals surface area contributed by atoms with E-state index in [0.717, 1.165) is 0 Å². The van der Waals surface area contributed by atoms with E-state index in [1.54, 1.807) is 0 Å². The zero-order valence-corrected chi connectivity index (χ0v) is 9.73. The molecule has 0 saturated heterocycles. The predicted octanol–water partition coefficient (Wildman–Crippen LogP) is 2.20. The van der Waals surface area contributed by atoms with Crippen molar-refractivity contribution in [3.63, 3.8) is 0 Å². The van der Waals surface area contributed by atoms with Crippen molar-refractivity contribution in [3.05, 3.63) is 27.8 Å². The second-order valence-electron chi connectivity index (χ2n) is 3.16. The SMILES string of the molecule is CCOC(=O)c1c(F)ncc(OC(F)(F)F)c1[N+](=O)[O-]. The molecule has 0 fully saturated rings. The second-order valence-corrected chi connectivity index (χ2v) is 3.16. The van der Waals surface area contributed by atoms with Crippen LogP contribution in [0.2, 0.25) is 0 Å². The summed E-state index contributed by atoms with van der Waals surface area (Å²) in [6.45, 7) is 1.06. The summed E-state index contributed by atoms with van der Waals surface area (Å²) in [6, 6.07) is 0. The minimum absolute atomic E-state index is 0.156. The standard InChI is InChI=1S/C9H6F4N2O5/c1-2-19-8(16)5-6(15(17)18)4(3-14-7(5)10)20-9(11,12)13/h3H,2H2,1H3. The lowest BCUT2D eigenvalue weighted by molar-refractivity contribution is -0.389. The van der Waals surface area contributed by atoms with Gasteiger partial charge in [-0.05, 0) is 6.92 Å². The van der Waals surface area contributed by atoms with Crippen LogP contribution in [0.5, 0.6) is 5.75 Å². The summed E-state index contributed by atoms with van der Waals surface area (Å²) in [5.41, 5.74) is -2.84. The zero-order valence-electron chi connectivity index (χ0n) is 9.73. The molecule has 1 rings (SSSR count). The minimum Gasteiger partial charge on any atom is -0.462 e. The van der Waals surface area contributed by atoms with E-state index in [4.69, 9.17) is 0 Å². The number of aromatic nitrogens is 1. The van der Waals surface area contributed by atoms with Crippen molar-refractivity contribution in [2.24, 2.45) is 0 Å². The Morgan fingerprint density at radius 2 is 2.10 bits per heavy atom. The molecule has 1 aromatic heterocycles. The summed E-state index contributed by atoms with van der Waals surface area (Å²) in [5.74, 6) is -4.56. The fourth-order valence-electron chi connectivity index (χ4n) is 1.23. The van der Waals surface area contributed by atoms with E-state index in [1.165, 1.54) is 6.92 Å². The third-order valence-corrected chi connectivity index (χ3v) is 1.86. The minimum atomic E-state index is -5.27. The Morgan fingerprint density at radius 1 is 1.50 bits per heavy atom. The van der Waals surface area contributed by atoms with Crippen molar-refractivity contribution in [2.75, 3.05) is 6.61 Å². The Bertz CT molecular complexity index is 546. The van der Waals surface area contributed by atoms with E-state index in [1.807, 2.05) is 0 Å². The highest BCUT2D eigenvalue weighted by molar-refractivity contribution is 5.95. The smallest absolute Gasteiger partial charge is 0.462 e. The summed E-state index contributed by atoms with van der Waals surface area (Å²) >= 11 is 0. The van der Waals surface area contributed by atoms with E-state index in [-0.39, 0.29) is 12.8 Å². The highest BCUT2D eigenvalue weighted by Crippen LogP contribution is 2.35. The van der Waals surface area contributed by atoms with Gasteiger partial charge in [0.1, 0.15) is 0 Å². The maximum absolute atomic E-state index is 13.3. The number of pyridine rings is 1. The fraction of sp³-hybridized carbons (Fsp3) is 0.333. The predicted molar refractivity (Wildman–Crippen MR) is 53.5 cm³/mol. The van der Waals surface area contributed by atoms with Crippen molar-refractivity contribution in [2.45, 2.75) is 13.3 Å². The number of alkyl halides is 3. The Kier molecular flexibility index (Phi) is 4.42. The molecule has 110 valence electrons. The molecule has 0 aliphatic heterocycles. The van der Waals surface area contributed by atoms with E-state index < -0.39 is 40.2 Å². The van der Waals surface area contributed by atoms with Gasteiger partial charge in [-0.3, -0.25) is 10.1 Å². The summed E-state index contributed by atoms with van der Waals surface area (Å²) in [7, 11) is 0. The van der Waals surface area contributed by atoms with E-state index in [9.17, 15) is 32.5 Å². The van der Waals surface area contributed by atoms with Crippen molar-refractivity contribution < 1.29 is 36.8 Å². The van der Waals surface area contributed by atoms with Crippen LogP contribution in [0.15, 0.2) is 6.20 Å². The maximum atomic E-state index is 13.3. The molecule has 0 atom stereocenters. The first-order valence-corrected chi connectivity index (χ1v) is 4.93. The molecule has 0 aliphatic rings. The van der Waals surface area contributed by atoms with Crippen molar-refractivity contribution >= 4 is 11.7 Å². The Morgan fingerprint density at radius 3 is 2.55 bits per heavy atom. The monoisotopic (exact) mass is 298 g/mol. The first kappa shape index (κ1) is 15.6. The Balaban J connectivity index is 3.45. The Labute approximate surface area is 108 Å². The van der Waals surface area contributed by atoms with Crippen LogP contribution in [0.25, 0.3) is 0 Å².